The molecule has 0 bridgehead atoms. The smallest absolute Gasteiger partial charge is 0.0916 e. The number of likely N-dealkylation sites (N-methyl/N-ethyl adjacent to an activating group) is 1. The number of aliphatic hydroxyl groups excluding tert-OH is 1. The highest BCUT2D eigenvalue weighted by molar-refractivity contribution is 5.28. The molecule has 1 aromatic rings. The van der Waals surface area contributed by atoms with Crippen LogP contribution in [0.15, 0.2) is 24.3 Å². The van der Waals surface area contributed by atoms with Gasteiger partial charge in [0.15, 0.2) is 0 Å². The molecule has 0 saturated carbocycles. The van der Waals surface area contributed by atoms with E-state index in [9.17, 15) is 5.11 Å². The average Bonchev–Trinajstić information content (AvgIpc) is 2.38. The number of hydrogen-bond acceptors (Lipinski definition) is 2. The quantitative estimate of drug-likeness (QED) is 0.757. The fourth-order valence-electron chi connectivity index (χ4n) is 2.33. The van der Waals surface area contributed by atoms with Crippen LogP contribution in [0, 0.1) is 0 Å². The van der Waals surface area contributed by atoms with Crippen molar-refractivity contribution in [2.75, 3.05) is 20.1 Å². The zero-order chi connectivity index (χ0) is 15.2. The maximum atomic E-state index is 10.3. The number of benzene rings is 1. The van der Waals surface area contributed by atoms with Gasteiger partial charge >= 0.3 is 0 Å². The molecule has 1 N–H and O–H groups in total. The maximum Gasteiger partial charge on any atom is 0.0916 e. The van der Waals surface area contributed by atoms with E-state index in [2.05, 4.69) is 63.9 Å². The van der Waals surface area contributed by atoms with E-state index in [1.165, 1.54) is 24.8 Å². The van der Waals surface area contributed by atoms with Crippen LogP contribution in [0.25, 0.3) is 0 Å². The highest BCUT2D eigenvalue weighted by atomic mass is 16.3. The first-order chi connectivity index (χ1) is 9.34. The maximum absolute atomic E-state index is 10.3. The van der Waals surface area contributed by atoms with Crippen molar-refractivity contribution in [1.29, 1.82) is 0 Å². The van der Waals surface area contributed by atoms with Gasteiger partial charge in [0.2, 0.25) is 0 Å². The van der Waals surface area contributed by atoms with Gasteiger partial charge in [-0.3, -0.25) is 0 Å². The largest absolute Gasteiger partial charge is 0.387 e. The van der Waals surface area contributed by atoms with E-state index in [4.69, 9.17) is 0 Å². The van der Waals surface area contributed by atoms with E-state index < -0.39 is 6.10 Å². The first-order valence-corrected chi connectivity index (χ1v) is 7.81. The molecular formula is C18H31NO. The predicted octanol–water partition coefficient (Wildman–Crippen LogP) is 4.14. The van der Waals surface area contributed by atoms with Crippen molar-refractivity contribution in [2.24, 2.45) is 0 Å². The van der Waals surface area contributed by atoms with Crippen LogP contribution in [0.4, 0.5) is 0 Å². The van der Waals surface area contributed by atoms with Gasteiger partial charge in [0.25, 0.3) is 0 Å². The van der Waals surface area contributed by atoms with Gasteiger partial charge in [-0.1, -0.05) is 64.8 Å². The molecule has 1 aromatic carbocycles. The Hall–Kier alpha value is -0.860. The van der Waals surface area contributed by atoms with E-state index in [1.54, 1.807) is 0 Å². The highest BCUT2D eigenvalue weighted by Crippen LogP contribution is 2.24. The van der Waals surface area contributed by atoms with Crippen LogP contribution in [-0.4, -0.2) is 30.1 Å². The van der Waals surface area contributed by atoms with Crippen molar-refractivity contribution >= 4 is 0 Å². The summed E-state index contributed by atoms with van der Waals surface area (Å²) in [5, 5.41) is 10.3. The first-order valence-electron chi connectivity index (χ1n) is 7.81. The fraction of sp³-hybridized carbons (Fsp3) is 0.667. The fourth-order valence-corrected chi connectivity index (χ4v) is 2.33. The second-order valence-corrected chi connectivity index (χ2v) is 6.86. The molecule has 0 aliphatic carbocycles. The molecule has 0 saturated heterocycles. The molecule has 0 amide bonds. The third-order valence-corrected chi connectivity index (χ3v) is 3.79. The topological polar surface area (TPSA) is 23.5 Å². The van der Waals surface area contributed by atoms with Crippen LogP contribution in [-0.2, 0) is 5.41 Å². The monoisotopic (exact) mass is 277 g/mol. The Bertz CT molecular complexity index is 377. The summed E-state index contributed by atoms with van der Waals surface area (Å²) in [7, 11) is 2.09. The minimum atomic E-state index is -0.393. The Morgan fingerprint density at radius 2 is 1.70 bits per heavy atom. The van der Waals surface area contributed by atoms with Gasteiger partial charge in [-0.05, 0) is 36.6 Å². The van der Waals surface area contributed by atoms with Crippen LogP contribution in [0.1, 0.15) is 64.2 Å². The molecule has 0 aliphatic rings. The lowest BCUT2D eigenvalue weighted by Crippen LogP contribution is -2.25. The van der Waals surface area contributed by atoms with E-state index in [0.717, 1.165) is 12.1 Å². The molecule has 2 nitrogen and oxygen atoms in total. The summed E-state index contributed by atoms with van der Waals surface area (Å²) in [4.78, 5) is 2.22. The molecular weight excluding hydrogens is 246 g/mol. The third-order valence-electron chi connectivity index (χ3n) is 3.79. The number of aliphatic hydroxyl groups is 1. The molecule has 0 aliphatic heterocycles. The van der Waals surface area contributed by atoms with Crippen molar-refractivity contribution in [1.82, 2.24) is 4.90 Å². The number of nitrogens with zero attached hydrogens (tertiary/aromatic N) is 1. The van der Waals surface area contributed by atoms with Crippen molar-refractivity contribution in [3.8, 4) is 0 Å². The second kappa shape index (κ2) is 7.80. The van der Waals surface area contributed by atoms with Gasteiger partial charge in [0, 0.05) is 6.54 Å². The van der Waals surface area contributed by atoms with Crippen LogP contribution in [0.5, 0.6) is 0 Å². The summed E-state index contributed by atoms with van der Waals surface area (Å²) >= 11 is 0. The first kappa shape index (κ1) is 17.2. The highest BCUT2D eigenvalue weighted by Gasteiger charge is 2.15. The van der Waals surface area contributed by atoms with E-state index in [0.29, 0.717) is 6.54 Å². The van der Waals surface area contributed by atoms with Gasteiger partial charge in [0.05, 0.1) is 6.10 Å². The van der Waals surface area contributed by atoms with Crippen LogP contribution in [0.3, 0.4) is 0 Å². The molecule has 2 heteroatoms. The zero-order valence-corrected chi connectivity index (χ0v) is 13.8. The lowest BCUT2D eigenvalue weighted by atomic mass is 9.86. The van der Waals surface area contributed by atoms with Crippen molar-refractivity contribution < 1.29 is 5.11 Å². The second-order valence-electron chi connectivity index (χ2n) is 6.86. The molecule has 0 heterocycles. The minimum absolute atomic E-state index is 0.167. The van der Waals surface area contributed by atoms with E-state index in [1.807, 2.05) is 0 Å². The summed E-state index contributed by atoms with van der Waals surface area (Å²) in [6, 6.07) is 8.39. The summed E-state index contributed by atoms with van der Waals surface area (Å²) < 4.78 is 0. The zero-order valence-electron chi connectivity index (χ0n) is 13.8. The molecule has 1 atom stereocenters. The summed E-state index contributed by atoms with van der Waals surface area (Å²) in [6.07, 6.45) is 3.32. The van der Waals surface area contributed by atoms with Gasteiger partial charge in [-0.15, -0.1) is 0 Å². The minimum Gasteiger partial charge on any atom is -0.387 e. The van der Waals surface area contributed by atoms with Crippen molar-refractivity contribution in [2.45, 2.75) is 58.5 Å². The van der Waals surface area contributed by atoms with E-state index in [-0.39, 0.29) is 5.41 Å². The molecule has 1 rings (SSSR count). The Balaban J connectivity index is 2.53. The molecule has 0 fully saturated rings. The molecule has 114 valence electrons. The molecule has 1 unspecified atom stereocenters. The van der Waals surface area contributed by atoms with Crippen LogP contribution >= 0.6 is 0 Å². The Labute approximate surface area is 124 Å². The molecule has 0 radical (unpaired) electrons. The summed E-state index contributed by atoms with van der Waals surface area (Å²) in [5.41, 5.74) is 2.49. The summed E-state index contributed by atoms with van der Waals surface area (Å²) in [6.45, 7) is 10.6. The Morgan fingerprint density at radius 1 is 1.10 bits per heavy atom. The third kappa shape index (κ3) is 5.64. The predicted molar refractivity (Wildman–Crippen MR) is 87.1 cm³/mol. The van der Waals surface area contributed by atoms with Gasteiger partial charge in [-0.2, -0.15) is 0 Å². The van der Waals surface area contributed by atoms with Gasteiger partial charge < -0.3 is 10.0 Å². The van der Waals surface area contributed by atoms with Crippen LogP contribution in [0.2, 0.25) is 0 Å². The normalized spacial score (nSPS) is 13.8. The Kier molecular flexibility index (Phi) is 6.70. The Morgan fingerprint density at radius 3 is 2.20 bits per heavy atom. The molecule has 0 spiro atoms. The van der Waals surface area contributed by atoms with Crippen molar-refractivity contribution in [3.05, 3.63) is 35.4 Å². The lowest BCUT2D eigenvalue weighted by molar-refractivity contribution is 0.126. The SMILES string of the molecule is CCCCCN(C)CC(O)c1ccc(C(C)(C)C)cc1. The molecule has 0 aromatic heterocycles. The lowest BCUT2D eigenvalue weighted by Gasteiger charge is -2.22. The van der Waals surface area contributed by atoms with Gasteiger partial charge in [-0.25, -0.2) is 0 Å². The van der Waals surface area contributed by atoms with E-state index >= 15 is 0 Å². The van der Waals surface area contributed by atoms with Crippen molar-refractivity contribution in [3.63, 3.8) is 0 Å². The number of hydrogen-bond donors (Lipinski definition) is 1. The molecule has 20 heavy (non-hydrogen) atoms. The number of unbranched alkanes of at least 4 members (excludes halogenated alkanes) is 2. The number of rotatable bonds is 7. The van der Waals surface area contributed by atoms with Gasteiger partial charge in [0.1, 0.15) is 0 Å². The average molecular weight is 277 g/mol. The summed E-state index contributed by atoms with van der Waals surface area (Å²) in [5.74, 6) is 0. The standard InChI is InChI=1S/C18H31NO/c1-6-7-8-13-19(5)14-17(20)15-9-11-16(12-10-15)18(2,3)4/h9-12,17,20H,6-8,13-14H2,1-5H3. The van der Waals surface area contributed by atoms with Crippen LogP contribution < -0.4 is 0 Å².